The standard InChI is InChI=1S/C13H15ClFN3O3/c14-9-7-8(1-2-10(9)15)17-12(19)13(11(16)18-20)3-5-21-6-4-13/h1-2,7,20H,3-6H2,(H2,16,18)(H,17,19). The minimum absolute atomic E-state index is 0.0994. The second kappa shape index (κ2) is 6.28. The Labute approximate surface area is 125 Å². The van der Waals surface area contributed by atoms with Crippen LogP contribution in [0.4, 0.5) is 10.1 Å². The molecule has 1 amide bonds. The fourth-order valence-electron chi connectivity index (χ4n) is 2.24. The van der Waals surface area contributed by atoms with Crippen molar-refractivity contribution in [2.24, 2.45) is 16.3 Å². The number of amidine groups is 1. The van der Waals surface area contributed by atoms with Crippen LogP contribution in [0.15, 0.2) is 23.4 Å². The summed E-state index contributed by atoms with van der Waals surface area (Å²) in [6.45, 7) is 0.654. The van der Waals surface area contributed by atoms with E-state index in [4.69, 9.17) is 27.3 Å². The second-order valence-corrected chi connectivity index (χ2v) is 5.17. The predicted molar refractivity (Wildman–Crippen MR) is 75.9 cm³/mol. The topological polar surface area (TPSA) is 96.9 Å². The Hall–Kier alpha value is -1.86. The average Bonchev–Trinajstić information content (AvgIpc) is 2.50. The molecule has 1 aromatic rings. The highest BCUT2D eigenvalue weighted by Gasteiger charge is 2.44. The van der Waals surface area contributed by atoms with Crippen molar-refractivity contribution in [3.05, 3.63) is 29.0 Å². The summed E-state index contributed by atoms with van der Waals surface area (Å²) in [5, 5.41) is 14.4. The average molecular weight is 316 g/mol. The van der Waals surface area contributed by atoms with E-state index in [1.807, 2.05) is 0 Å². The third-order valence-electron chi connectivity index (χ3n) is 3.56. The molecule has 2 rings (SSSR count). The van der Waals surface area contributed by atoms with E-state index in [1.165, 1.54) is 12.1 Å². The van der Waals surface area contributed by atoms with Gasteiger partial charge >= 0.3 is 0 Å². The number of hydrogen-bond acceptors (Lipinski definition) is 4. The Morgan fingerprint density at radius 2 is 2.14 bits per heavy atom. The molecule has 0 radical (unpaired) electrons. The Morgan fingerprint density at radius 3 is 2.71 bits per heavy atom. The number of halogens is 2. The van der Waals surface area contributed by atoms with Crippen molar-refractivity contribution in [1.29, 1.82) is 0 Å². The van der Waals surface area contributed by atoms with Crippen LogP contribution in [-0.2, 0) is 9.53 Å². The summed E-state index contributed by atoms with van der Waals surface area (Å²) < 4.78 is 18.3. The highest BCUT2D eigenvalue weighted by Crippen LogP contribution is 2.33. The maximum atomic E-state index is 13.1. The van der Waals surface area contributed by atoms with Crippen LogP contribution < -0.4 is 11.1 Å². The first-order valence-electron chi connectivity index (χ1n) is 6.32. The fraction of sp³-hybridized carbons (Fsp3) is 0.385. The van der Waals surface area contributed by atoms with Crippen LogP contribution in [0.25, 0.3) is 0 Å². The Bertz CT molecular complexity index is 574. The smallest absolute Gasteiger partial charge is 0.238 e. The summed E-state index contributed by atoms with van der Waals surface area (Å²) in [5.41, 5.74) is 4.88. The number of rotatable bonds is 3. The largest absolute Gasteiger partial charge is 0.409 e. The number of oxime groups is 1. The summed E-state index contributed by atoms with van der Waals surface area (Å²) in [6.07, 6.45) is 0.591. The molecular weight excluding hydrogens is 301 g/mol. The third kappa shape index (κ3) is 3.08. The second-order valence-electron chi connectivity index (χ2n) is 4.76. The number of ether oxygens (including phenoxy) is 1. The summed E-state index contributed by atoms with van der Waals surface area (Å²) in [5.74, 6) is -1.19. The molecule has 6 nitrogen and oxygen atoms in total. The molecule has 0 aromatic heterocycles. The molecule has 114 valence electrons. The van der Waals surface area contributed by atoms with E-state index >= 15 is 0 Å². The van der Waals surface area contributed by atoms with Crippen LogP contribution in [0.2, 0.25) is 5.02 Å². The van der Waals surface area contributed by atoms with Gasteiger partial charge in [0.25, 0.3) is 0 Å². The molecule has 0 atom stereocenters. The first-order valence-corrected chi connectivity index (χ1v) is 6.69. The minimum Gasteiger partial charge on any atom is -0.409 e. The Morgan fingerprint density at radius 1 is 1.48 bits per heavy atom. The SMILES string of the molecule is NC(=NO)C1(C(=O)Nc2ccc(F)c(Cl)c2)CCOCC1. The molecule has 1 aliphatic rings. The predicted octanol–water partition coefficient (Wildman–Crippen LogP) is 1.96. The normalized spacial score (nSPS) is 18.3. The summed E-state index contributed by atoms with van der Waals surface area (Å²) in [4.78, 5) is 12.5. The van der Waals surface area contributed by atoms with E-state index in [0.29, 0.717) is 31.7 Å². The lowest BCUT2D eigenvalue weighted by Gasteiger charge is -2.34. The number of hydrogen-bond donors (Lipinski definition) is 3. The molecule has 0 bridgehead atoms. The van der Waals surface area contributed by atoms with Crippen molar-refractivity contribution in [2.75, 3.05) is 18.5 Å². The molecule has 21 heavy (non-hydrogen) atoms. The number of carbonyl (C=O) groups is 1. The number of benzene rings is 1. The Balaban J connectivity index is 2.24. The van der Waals surface area contributed by atoms with Gasteiger partial charge in [-0.05, 0) is 31.0 Å². The van der Waals surface area contributed by atoms with Crippen LogP contribution in [0.1, 0.15) is 12.8 Å². The molecule has 0 spiro atoms. The van der Waals surface area contributed by atoms with Crippen LogP contribution in [0.5, 0.6) is 0 Å². The van der Waals surface area contributed by atoms with Crippen molar-refractivity contribution in [2.45, 2.75) is 12.8 Å². The molecule has 1 fully saturated rings. The van der Waals surface area contributed by atoms with Gasteiger partial charge in [0.1, 0.15) is 11.2 Å². The van der Waals surface area contributed by atoms with E-state index in [0.717, 1.165) is 6.07 Å². The Kier molecular flexibility index (Phi) is 4.64. The molecule has 1 heterocycles. The molecule has 1 aromatic carbocycles. The number of anilines is 1. The fourth-order valence-corrected chi connectivity index (χ4v) is 2.42. The van der Waals surface area contributed by atoms with Gasteiger partial charge in [0.2, 0.25) is 5.91 Å². The van der Waals surface area contributed by atoms with Crippen molar-refractivity contribution in [3.63, 3.8) is 0 Å². The van der Waals surface area contributed by atoms with Gasteiger partial charge in [0.05, 0.1) is 5.02 Å². The van der Waals surface area contributed by atoms with Crippen LogP contribution in [0.3, 0.4) is 0 Å². The molecule has 4 N–H and O–H groups in total. The third-order valence-corrected chi connectivity index (χ3v) is 3.85. The van der Waals surface area contributed by atoms with Gasteiger partial charge in [-0.25, -0.2) is 4.39 Å². The molecule has 0 unspecified atom stereocenters. The van der Waals surface area contributed by atoms with E-state index in [9.17, 15) is 9.18 Å². The molecule has 1 saturated heterocycles. The number of amides is 1. The van der Waals surface area contributed by atoms with Gasteiger partial charge in [0, 0.05) is 18.9 Å². The number of nitrogens with one attached hydrogen (secondary N) is 1. The number of nitrogens with zero attached hydrogens (tertiary/aromatic N) is 1. The van der Waals surface area contributed by atoms with Crippen LogP contribution >= 0.6 is 11.6 Å². The van der Waals surface area contributed by atoms with E-state index < -0.39 is 17.1 Å². The molecule has 1 aliphatic heterocycles. The van der Waals surface area contributed by atoms with Gasteiger partial charge in [-0.1, -0.05) is 16.8 Å². The lowest BCUT2D eigenvalue weighted by Crippen LogP contribution is -2.50. The van der Waals surface area contributed by atoms with Gasteiger partial charge in [-0.15, -0.1) is 0 Å². The van der Waals surface area contributed by atoms with Crippen LogP contribution in [-0.4, -0.2) is 30.2 Å². The van der Waals surface area contributed by atoms with Gasteiger partial charge < -0.3 is 21.0 Å². The van der Waals surface area contributed by atoms with Crippen molar-refractivity contribution >= 4 is 29.0 Å². The zero-order chi connectivity index (χ0) is 15.5. The van der Waals surface area contributed by atoms with Crippen LogP contribution in [0, 0.1) is 11.2 Å². The van der Waals surface area contributed by atoms with Crippen molar-refractivity contribution < 1.29 is 19.1 Å². The van der Waals surface area contributed by atoms with Crippen molar-refractivity contribution in [1.82, 2.24) is 0 Å². The van der Waals surface area contributed by atoms with Gasteiger partial charge in [0.15, 0.2) is 5.84 Å². The number of carbonyl (C=O) groups excluding carboxylic acids is 1. The van der Waals surface area contributed by atoms with Gasteiger partial charge in [-0.3, -0.25) is 4.79 Å². The lowest BCUT2D eigenvalue weighted by molar-refractivity contribution is -0.126. The molecule has 8 heteroatoms. The lowest BCUT2D eigenvalue weighted by atomic mass is 9.78. The van der Waals surface area contributed by atoms with E-state index in [1.54, 1.807) is 0 Å². The monoisotopic (exact) mass is 315 g/mol. The maximum absolute atomic E-state index is 13.1. The molecule has 0 saturated carbocycles. The number of nitrogens with two attached hydrogens (primary N) is 1. The first kappa shape index (κ1) is 15.5. The van der Waals surface area contributed by atoms with Gasteiger partial charge in [-0.2, -0.15) is 0 Å². The molecule has 0 aliphatic carbocycles. The summed E-state index contributed by atoms with van der Waals surface area (Å²) >= 11 is 5.67. The van der Waals surface area contributed by atoms with E-state index in [2.05, 4.69) is 10.5 Å². The minimum atomic E-state index is -1.14. The zero-order valence-corrected chi connectivity index (χ0v) is 11.9. The highest BCUT2D eigenvalue weighted by molar-refractivity contribution is 6.31. The summed E-state index contributed by atoms with van der Waals surface area (Å²) in [7, 11) is 0. The zero-order valence-electron chi connectivity index (χ0n) is 11.1. The quantitative estimate of drug-likeness (QED) is 0.344. The van der Waals surface area contributed by atoms with Crippen molar-refractivity contribution in [3.8, 4) is 0 Å². The maximum Gasteiger partial charge on any atom is 0.238 e. The molecular formula is C13H15ClFN3O3. The van der Waals surface area contributed by atoms with E-state index in [-0.39, 0.29) is 10.9 Å². The first-order chi connectivity index (χ1) is 9.99. The summed E-state index contributed by atoms with van der Waals surface area (Å²) in [6, 6.07) is 3.84. The highest BCUT2D eigenvalue weighted by atomic mass is 35.5.